The molecule has 0 N–H and O–H groups in total. The molecular weight excluding hydrogens is 396 g/mol. The third-order valence-corrected chi connectivity index (χ3v) is 5.84. The molecule has 0 atom stereocenters. The minimum atomic E-state index is -0.592. The number of aromatic nitrogens is 3. The van der Waals surface area contributed by atoms with E-state index in [-0.39, 0.29) is 12.2 Å². The zero-order valence-corrected chi connectivity index (χ0v) is 18.9. The Hall–Kier alpha value is -2.35. The average Bonchev–Trinajstić information content (AvgIpc) is 3.20. The number of ether oxygens (including phenoxy) is 3. The van der Waals surface area contributed by atoms with E-state index in [1.54, 1.807) is 21.8 Å². The highest BCUT2D eigenvalue weighted by Crippen LogP contribution is 2.30. The predicted octanol–water partition coefficient (Wildman–Crippen LogP) is 4.61. The fourth-order valence-corrected chi connectivity index (χ4v) is 4.26. The summed E-state index contributed by atoms with van der Waals surface area (Å²) in [4.78, 5) is 19.5. The Morgan fingerprint density at radius 1 is 1.19 bits per heavy atom. The Labute approximate surface area is 183 Å². The zero-order chi connectivity index (χ0) is 21.8. The van der Waals surface area contributed by atoms with Crippen molar-refractivity contribution in [1.29, 1.82) is 0 Å². The number of rotatable bonds is 5. The van der Waals surface area contributed by atoms with Crippen LogP contribution in [0.5, 0.6) is 5.88 Å². The maximum Gasteiger partial charge on any atom is 0.414 e. The van der Waals surface area contributed by atoms with Crippen LogP contribution in [-0.2, 0) is 9.47 Å². The van der Waals surface area contributed by atoms with Crippen molar-refractivity contribution >= 4 is 17.4 Å². The summed E-state index contributed by atoms with van der Waals surface area (Å²) in [5.41, 5.74) is 0.700. The standard InChI is InChI=1S/C23H34N4O4/c1-23(2,3)31-22(28)26(16-17-9-13-29-14-10-17)19-15-20(25-27-12-11-24-21(19)27)30-18-7-5-4-6-8-18/h11-12,15,17-18H,4-10,13-14,16H2,1-3H3. The lowest BCUT2D eigenvalue weighted by atomic mass is 9.98. The first-order valence-electron chi connectivity index (χ1n) is 11.5. The quantitative estimate of drug-likeness (QED) is 0.689. The number of imidazole rings is 1. The summed E-state index contributed by atoms with van der Waals surface area (Å²) >= 11 is 0. The molecule has 1 saturated heterocycles. The van der Waals surface area contributed by atoms with Crippen molar-refractivity contribution in [2.45, 2.75) is 77.4 Å². The van der Waals surface area contributed by atoms with E-state index in [9.17, 15) is 4.79 Å². The number of fused-ring (bicyclic) bond motifs is 1. The second-order valence-corrected chi connectivity index (χ2v) is 9.59. The number of amides is 1. The molecular formula is C23H34N4O4. The van der Waals surface area contributed by atoms with Gasteiger partial charge in [-0.15, -0.1) is 5.10 Å². The van der Waals surface area contributed by atoms with Gasteiger partial charge < -0.3 is 14.2 Å². The van der Waals surface area contributed by atoms with Crippen LogP contribution in [0, 0.1) is 5.92 Å². The van der Waals surface area contributed by atoms with Gasteiger partial charge in [0.1, 0.15) is 11.7 Å². The summed E-state index contributed by atoms with van der Waals surface area (Å²) in [6.45, 7) is 7.63. The molecule has 3 heterocycles. The first-order valence-corrected chi connectivity index (χ1v) is 11.5. The molecule has 2 aliphatic rings. The molecule has 1 saturated carbocycles. The van der Waals surface area contributed by atoms with Gasteiger partial charge in [-0.1, -0.05) is 6.42 Å². The second kappa shape index (κ2) is 9.42. The zero-order valence-electron chi connectivity index (χ0n) is 18.9. The van der Waals surface area contributed by atoms with Crippen molar-refractivity contribution in [3.63, 3.8) is 0 Å². The van der Waals surface area contributed by atoms with Crippen LogP contribution < -0.4 is 9.64 Å². The summed E-state index contributed by atoms with van der Waals surface area (Å²) in [6.07, 6.45) is 10.8. The molecule has 0 spiro atoms. The van der Waals surface area contributed by atoms with Crippen LogP contribution in [0.4, 0.5) is 10.5 Å². The number of nitrogens with zero attached hydrogens (tertiary/aromatic N) is 4. The fourth-order valence-electron chi connectivity index (χ4n) is 4.26. The smallest absolute Gasteiger partial charge is 0.414 e. The van der Waals surface area contributed by atoms with Crippen molar-refractivity contribution in [2.24, 2.45) is 5.92 Å². The third kappa shape index (κ3) is 5.67. The maximum absolute atomic E-state index is 13.3. The molecule has 0 radical (unpaired) electrons. The van der Waals surface area contributed by atoms with Crippen LogP contribution in [0.2, 0.25) is 0 Å². The van der Waals surface area contributed by atoms with Gasteiger partial charge in [-0.2, -0.15) is 0 Å². The fraction of sp³-hybridized carbons (Fsp3) is 0.696. The lowest BCUT2D eigenvalue weighted by Gasteiger charge is -2.32. The van der Waals surface area contributed by atoms with Crippen molar-refractivity contribution in [3.8, 4) is 5.88 Å². The highest BCUT2D eigenvalue weighted by atomic mass is 16.6. The van der Waals surface area contributed by atoms with Gasteiger partial charge in [0.25, 0.3) is 0 Å². The minimum absolute atomic E-state index is 0.167. The van der Waals surface area contributed by atoms with E-state index in [1.165, 1.54) is 19.3 Å². The van der Waals surface area contributed by atoms with Gasteiger partial charge in [0.15, 0.2) is 5.65 Å². The van der Waals surface area contributed by atoms with Crippen LogP contribution in [0.3, 0.4) is 0 Å². The maximum atomic E-state index is 13.3. The molecule has 1 aliphatic heterocycles. The highest BCUT2D eigenvalue weighted by molar-refractivity contribution is 5.92. The summed E-state index contributed by atoms with van der Waals surface area (Å²) in [5, 5.41) is 4.59. The van der Waals surface area contributed by atoms with Crippen molar-refractivity contribution < 1.29 is 19.0 Å². The summed E-state index contributed by atoms with van der Waals surface area (Å²) in [6, 6.07) is 1.85. The monoisotopic (exact) mass is 430 g/mol. The van der Waals surface area contributed by atoms with Crippen LogP contribution >= 0.6 is 0 Å². The molecule has 2 aromatic heterocycles. The van der Waals surface area contributed by atoms with Crippen LogP contribution in [0.15, 0.2) is 18.5 Å². The molecule has 0 unspecified atom stereocenters. The SMILES string of the molecule is CC(C)(C)OC(=O)N(CC1CCOCC1)c1cc(OC2CCCCC2)nn2ccnc12. The molecule has 0 bridgehead atoms. The third-order valence-electron chi connectivity index (χ3n) is 5.84. The average molecular weight is 431 g/mol. The van der Waals surface area contributed by atoms with E-state index in [0.717, 1.165) is 38.9 Å². The summed E-state index contributed by atoms with van der Waals surface area (Å²) < 4.78 is 19.2. The minimum Gasteiger partial charge on any atom is -0.473 e. The Balaban J connectivity index is 1.66. The van der Waals surface area contributed by atoms with E-state index in [1.807, 2.05) is 26.8 Å². The predicted molar refractivity (Wildman–Crippen MR) is 118 cm³/mol. The van der Waals surface area contributed by atoms with E-state index in [4.69, 9.17) is 14.2 Å². The van der Waals surface area contributed by atoms with Gasteiger partial charge in [0.2, 0.25) is 5.88 Å². The van der Waals surface area contributed by atoms with Gasteiger partial charge >= 0.3 is 6.09 Å². The Kier molecular flexibility index (Phi) is 6.65. The van der Waals surface area contributed by atoms with Crippen LogP contribution in [0.25, 0.3) is 5.65 Å². The van der Waals surface area contributed by atoms with Crippen molar-refractivity contribution in [3.05, 3.63) is 18.5 Å². The van der Waals surface area contributed by atoms with Crippen molar-refractivity contribution in [1.82, 2.24) is 14.6 Å². The molecule has 0 aromatic carbocycles. The molecule has 170 valence electrons. The summed E-state index contributed by atoms with van der Waals surface area (Å²) in [5.74, 6) is 0.861. The molecule has 2 fully saturated rings. The molecule has 31 heavy (non-hydrogen) atoms. The number of anilines is 1. The Bertz CT molecular complexity index is 879. The largest absolute Gasteiger partial charge is 0.473 e. The number of hydrogen-bond acceptors (Lipinski definition) is 6. The first-order chi connectivity index (χ1) is 14.9. The molecule has 4 rings (SSSR count). The Morgan fingerprint density at radius 2 is 1.94 bits per heavy atom. The highest BCUT2D eigenvalue weighted by Gasteiger charge is 2.30. The van der Waals surface area contributed by atoms with E-state index in [2.05, 4.69) is 10.1 Å². The lowest BCUT2D eigenvalue weighted by Crippen LogP contribution is -2.41. The van der Waals surface area contributed by atoms with Crippen molar-refractivity contribution in [2.75, 3.05) is 24.7 Å². The molecule has 8 heteroatoms. The van der Waals surface area contributed by atoms with E-state index in [0.29, 0.717) is 29.7 Å². The van der Waals surface area contributed by atoms with Gasteiger partial charge in [0, 0.05) is 38.2 Å². The van der Waals surface area contributed by atoms with E-state index < -0.39 is 5.60 Å². The molecule has 1 aliphatic carbocycles. The lowest BCUT2D eigenvalue weighted by molar-refractivity contribution is 0.0515. The topological polar surface area (TPSA) is 78.2 Å². The van der Waals surface area contributed by atoms with Gasteiger partial charge in [-0.05, 0) is 65.2 Å². The van der Waals surface area contributed by atoms with Crippen LogP contribution in [0.1, 0.15) is 65.7 Å². The van der Waals surface area contributed by atoms with E-state index >= 15 is 0 Å². The number of carbonyl (C=O) groups is 1. The molecule has 1 amide bonds. The van der Waals surface area contributed by atoms with Crippen LogP contribution in [-0.4, -0.2) is 52.2 Å². The number of carbonyl (C=O) groups excluding carboxylic acids is 1. The molecule has 2 aromatic rings. The molecule has 8 nitrogen and oxygen atoms in total. The summed E-state index contributed by atoms with van der Waals surface area (Å²) in [7, 11) is 0. The first kappa shape index (κ1) is 21.9. The van der Waals surface area contributed by atoms with Gasteiger partial charge in [0.05, 0.1) is 5.69 Å². The normalized spacial score (nSPS) is 18.8. The second-order valence-electron chi connectivity index (χ2n) is 9.59. The Morgan fingerprint density at radius 3 is 2.65 bits per heavy atom. The van der Waals surface area contributed by atoms with Gasteiger partial charge in [-0.25, -0.2) is 14.3 Å². The number of hydrogen-bond donors (Lipinski definition) is 0. The van der Waals surface area contributed by atoms with Gasteiger partial charge in [-0.3, -0.25) is 4.90 Å².